The van der Waals surface area contributed by atoms with E-state index in [-0.39, 0.29) is 23.9 Å². The molecule has 1 rings (SSSR count). The van der Waals surface area contributed by atoms with Crippen LogP contribution in [0, 0.1) is 5.92 Å². The first-order valence-corrected chi connectivity index (χ1v) is 6.89. The second kappa shape index (κ2) is 7.24. The summed E-state index contributed by atoms with van der Waals surface area (Å²) in [4.78, 5) is 22.5. The highest BCUT2D eigenvalue weighted by Crippen LogP contribution is 2.25. The standard InChI is InChI=1S/C15H24N2O3/c1-5-6-11-8-13(15(19)20)17-14(11)12(7-9(2)3)16-10(4)18/h5-7,11-14,17H,8H2,1-4H3,(H,16,18)(H,19,20)/b6-5-/t11-,12+,13-,14?/m1/s1. The number of carbonyl (C=O) groups is 2. The number of allylic oxidation sites excluding steroid dienone is 2. The van der Waals surface area contributed by atoms with Crippen LogP contribution in [-0.2, 0) is 9.59 Å². The molecule has 5 heteroatoms. The number of amides is 1. The number of aliphatic carboxylic acids is 1. The van der Waals surface area contributed by atoms with Gasteiger partial charge in [0.15, 0.2) is 0 Å². The van der Waals surface area contributed by atoms with E-state index < -0.39 is 12.0 Å². The third-order valence-corrected chi connectivity index (χ3v) is 3.37. The summed E-state index contributed by atoms with van der Waals surface area (Å²) in [6.07, 6.45) is 6.45. The zero-order chi connectivity index (χ0) is 15.3. The summed E-state index contributed by atoms with van der Waals surface area (Å²) in [6.45, 7) is 7.31. The van der Waals surface area contributed by atoms with Crippen LogP contribution in [-0.4, -0.2) is 35.1 Å². The fourth-order valence-corrected chi connectivity index (χ4v) is 2.66. The molecule has 0 aromatic heterocycles. The van der Waals surface area contributed by atoms with Gasteiger partial charge in [-0.15, -0.1) is 0 Å². The Kier molecular flexibility index (Phi) is 5.95. The summed E-state index contributed by atoms with van der Waals surface area (Å²) in [5.74, 6) is -0.873. The van der Waals surface area contributed by atoms with Gasteiger partial charge in [0.05, 0.1) is 6.04 Å². The van der Waals surface area contributed by atoms with Crippen LogP contribution in [0.2, 0.25) is 0 Å². The lowest BCUT2D eigenvalue weighted by molar-refractivity contribution is -0.139. The van der Waals surface area contributed by atoms with Gasteiger partial charge in [0.1, 0.15) is 6.04 Å². The van der Waals surface area contributed by atoms with Crippen molar-refractivity contribution < 1.29 is 14.7 Å². The van der Waals surface area contributed by atoms with Gasteiger partial charge in [-0.05, 0) is 33.1 Å². The molecule has 1 amide bonds. The number of rotatable bonds is 5. The molecule has 0 aliphatic carbocycles. The minimum atomic E-state index is -0.847. The Labute approximate surface area is 120 Å². The minimum absolute atomic E-state index is 0.0912. The zero-order valence-electron chi connectivity index (χ0n) is 12.5. The average molecular weight is 280 g/mol. The molecule has 0 aromatic carbocycles. The summed E-state index contributed by atoms with van der Waals surface area (Å²) in [5.41, 5.74) is 1.09. The third-order valence-electron chi connectivity index (χ3n) is 3.37. The molecule has 4 atom stereocenters. The zero-order valence-corrected chi connectivity index (χ0v) is 12.5. The highest BCUT2D eigenvalue weighted by Gasteiger charge is 2.39. The summed E-state index contributed by atoms with van der Waals surface area (Å²) < 4.78 is 0. The van der Waals surface area contributed by atoms with E-state index in [1.54, 1.807) is 0 Å². The monoisotopic (exact) mass is 280 g/mol. The molecule has 0 bridgehead atoms. The summed E-state index contributed by atoms with van der Waals surface area (Å²) in [6, 6.07) is -0.878. The number of carboxylic acids is 1. The first kappa shape index (κ1) is 16.4. The molecule has 1 unspecified atom stereocenters. The molecule has 1 aliphatic rings. The number of hydrogen-bond donors (Lipinski definition) is 3. The van der Waals surface area contributed by atoms with Crippen LogP contribution in [0.15, 0.2) is 23.8 Å². The lowest BCUT2D eigenvalue weighted by Crippen LogP contribution is -2.50. The van der Waals surface area contributed by atoms with Gasteiger partial charge in [0, 0.05) is 13.0 Å². The van der Waals surface area contributed by atoms with Gasteiger partial charge in [0.2, 0.25) is 5.91 Å². The number of carboxylic acid groups (broad SMARTS) is 1. The van der Waals surface area contributed by atoms with Crippen molar-refractivity contribution in [3.05, 3.63) is 23.8 Å². The van der Waals surface area contributed by atoms with Crippen molar-refractivity contribution in [2.45, 2.75) is 52.2 Å². The van der Waals surface area contributed by atoms with Gasteiger partial charge < -0.3 is 10.4 Å². The topological polar surface area (TPSA) is 78.4 Å². The van der Waals surface area contributed by atoms with Crippen molar-refractivity contribution in [1.82, 2.24) is 10.6 Å². The molecule has 1 heterocycles. The van der Waals surface area contributed by atoms with Gasteiger partial charge in [-0.2, -0.15) is 0 Å². The van der Waals surface area contributed by atoms with Gasteiger partial charge in [-0.25, -0.2) is 0 Å². The maximum Gasteiger partial charge on any atom is 0.320 e. The van der Waals surface area contributed by atoms with Crippen molar-refractivity contribution in [3.8, 4) is 0 Å². The maximum atomic E-state index is 11.4. The number of nitrogens with one attached hydrogen (secondary N) is 2. The van der Waals surface area contributed by atoms with Crippen LogP contribution in [0.25, 0.3) is 0 Å². The average Bonchev–Trinajstić information content (AvgIpc) is 2.71. The Hall–Kier alpha value is -1.62. The lowest BCUT2D eigenvalue weighted by Gasteiger charge is -2.26. The molecular weight excluding hydrogens is 256 g/mol. The Morgan fingerprint density at radius 2 is 2.00 bits per heavy atom. The SMILES string of the molecule is C/C=C\[C@@H]1C[C@H](C(=O)O)NC1[C@H](C=C(C)C)NC(C)=O. The molecule has 0 aromatic rings. The Morgan fingerprint density at radius 1 is 1.35 bits per heavy atom. The first-order valence-electron chi connectivity index (χ1n) is 6.89. The lowest BCUT2D eigenvalue weighted by atomic mass is 9.92. The summed E-state index contributed by atoms with van der Waals surface area (Å²) in [7, 11) is 0. The van der Waals surface area contributed by atoms with Crippen molar-refractivity contribution in [1.29, 1.82) is 0 Å². The van der Waals surface area contributed by atoms with E-state index in [4.69, 9.17) is 0 Å². The highest BCUT2D eigenvalue weighted by atomic mass is 16.4. The van der Waals surface area contributed by atoms with E-state index in [2.05, 4.69) is 10.6 Å². The molecule has 0 saturated carbocycles. The normalized spacial score (nSPS) is 27.3. The van der Waals surface area contributed by atoms with E-state index in [0.29, 0.717) is 6.42 Å². The molecule has 0 radical (unpaired) electrons. The van der Waals surface area contributed by atoms with Gasteiger partial charge in [0.25, 0.3) is 0 Å². The van der Waals surface area contributed by atoms with Gasteiger partial charge in [-0.3, -0.25) is 14.9 Å². The van der Waals surface area contributed by atoms with Crippen molar-refractivity contribution in [3.63, 3.8) is 0 Å². The number of carbonyl (C=O) groups excluding carboxylic acids is 1. The van der Waals surface area contributed by atoms with Crippen LogP contribution < -0.4 is 10.6 Å². The van der Waals surface area contributed by atoms with E-state index in [0.717, 1.165) is 5.57 Å². The molecule has 20 heavy (non-hydrogen) atoms. The van der Waals surface area contributed by atoms with Crippen LogP contribution in [0.5, 0.6) is 0 Å². The molecule has 0 spiro atoms. The molecule has 1 saturated heterocycles. The highest BCUT2D eigenvalue weighted by molar-refractivity contribution is 5.75. The smallest absolute Gasteiger partial charge is 0.320 e. The summed E-state index contributed by atoms with van der Waals surface area (Å²) in [5, 5.41) is 15.2. The van der Waals surface area contributed by atoms with Crippen molar-refractivity contribution in [2.24, 2.45) is 5.92 Å². The Balaban J connectivity index is 2.98. The molecule has 3 N–H and O–H groups in total. The molecule has 5 nitrogen and oxygen atoms in total. The second-order valence-corrected chi connectivity index (χ2v) is 5.48. The van der Waals surface area contributed by atoms with E-state index >= 15 is 0 Å². The second-order valence-electron chi connectivity index (χ2n) is 5.48. The van der Waals surface area contributed by atoms with Crippen LogP contribution >= 0.6 is 0 Å². The predicted molar refractivity (Wildman–Crippen MR) is 78.3 cm³/mol. The van der Waals surface area contributed by atoms with E-state index in [9.17, 15) is 14.7 Å². The quantitative estimate of drug-likeness (QED) is 0.666. The largest absolute Gasteiger partial charge is 0.480 e. The minimum Gasteiger partial charge on any atom is -0.480 e. The molecule has 112 valence electrons. The first-order chi connectivity index (χ1) is 9.35. The van der Waals surface area contributed by atoms with Crippen LogP contribution in [0.4, 0.5) is 0 Å². The van der Waals surface area contributed by atoms with E-state index in [1.165, 1.54) is 6.92 Å². The Morgan fingerprint density at radius 3 is 2.45 bits per heavy atom. The van der Waals surface area contributed by atoms with Crippen molar-refractivity contribution in [2.75, 3.05) is 0 Å². The van der Waals surface area contributed by atoms with Crippen LogP contribution in [0.1, 0.15) is 34.1 Å². The maximum absolute atomic E-state index is 11.4. The summed E-state index contributed by atoms with van der Waals surface area (Å²) >= 11 is 0. The van der Waals surface area contributed by atoms with Gasteiger partial charge >= 0.3 is 5.97 Å². The fourth-order valence-electron chi connectivity index (χ4n) is 2.66. The Bertz CT molecular complexity index is 425. The predicted octanol–water partition coefficient (Wildman–Crippen LogP) is 1.46. The van der Waals surface area contributed by atoms with Gasteiger partial charge in [-0.1, -0.05) is 23.8 Å². The fraction of sp³-hybridized carbons (Fsp3) is 0.600. The molecule has 1 fully saturated rings. The van der Waals surface area contributed by atoms with Crippen LogP contribution in [0.3, 0.4) is 0 Å². The number of hydrogen-bond acceptors (Lipinski definition) is 3. The molecular formula is C15H24N2O3. The molecule has 1 aliphatic heterocycles. The third kappa shape index (κ3) is 4.49. The van der Waals surface area contributed by atoms with Crippen molar-refractivity contribution >= 4 is 11.9 Å². The van der Waals surface area contributed by atoms with E-state index in [1.807, 2.05) is 39.0 Å².